The third-order valence-electron chi connectivity index (χ3n) is 3.44. The van der Waals surface area contributed by atoms with Gasteiger partial charge in [-0.05, 0) is 45.2 Å². The maximum Gasteiger partial charge on any atom is 0.0483 e. The van der Waals surface area contributed by atoms with Crippen molar-refractivity contribution in [2.75, 3.05) is 26.3 Å². The first-order valence-electron chi connectivity index (χ1n) is 6.23. The second-order valence-corrected chi connectivity index (χ2v) is 4.94. The van der Waals surface area contributed by atoms with E-state index in [0.717, 1.165) is 39.1 Å². The van der Waals surface area contributed by atoms with Crippen LogP contribution in [0.2, 0.25) is 0 Å². The molecule has 0 spiro atoms. The summed E-state index contributed by atoms with van der Waals surface area (Å²) in [4.78, 5) is 0. The molecule has 1 rings (SSSR count). The molecule has 0 aromatic carbocycles. The van der Waals surface area contributed by atoms with Crippen molar-refractivity contribution in [3.05, 3.63) is 0 Å². The maximum absolute atomic E-state index is 5.75. The summed E-state index contributed by atoms with van der Waals surface area (Å²) in [5.74, 6) is 0.634. The molecule has 0 radical (unpaired) electrons. The fourth-order valence-corrected chi connectivity index (χ4v) is 2.10. The van der Waals surface area contributed by atoms with Gasteiger partial charge in [-0.25, -0.2) is 0 Å². The van der Waals surface area contributed by atoms with E-state index in [1.54, 1.807) is 0 Å². The Morgan fingerprint density at radius 2 is 2.07 bits per heavy atom. The third kappa shape index (κ3) is 4.49. The van der Waals surface area contributed by atoms with E-state index in [4.69, 9.17) is 10.5 Å². The Kier molecular flexibility index (Phi) is 5.58. The van der Waals surface area contributed by atoms with E-state index in [-0.39, 0.29) is 5.54 Å². The molecule has 0 bridgehead atoms. The summed E-state index contributed by atoms with van der Waals surface area (Å²) in [7, 11) is 0. The van der Waals surface area contributed by atoms with Crippen LogP contribution in [0.3, 0.4) is 0 Å². The van der Waals surface area contributed by atoms with Crippen molar-refractivity contribution in [1.29, 1.82) is 0 Å². The minimum atomic E-state index is 0.277. The lowest BCUT2D eigenvalue weighted by atomic mass is 9.91. The number of nitrogens with two attached hydrogens (primary N) is 1. The standard InChI is InChI=1S/C12H26N2O/c1-3-4-11(9-13)10-14-12(2)5-7-15-8-6-12/h11,14H,3-10,13H2,1-2H3. The van der Waals surface area contributed by atoms with Crippen LogP contribution in [0.15, 0.2) is 0 Å². The number of hydrogen-bond acceptors (Lipinski definition) is 3. The molecule has 1 heterocycles. The summed E-state index contributed by atoms with van der Waals surface area (Å²) >= 11 is 0. The highest BCUT2D eigenvalue weighted by Crippen LogP contribution is 2.20. The van der Waals surface area contributed by atoms with Gasteiger partial charge in [-0.2, -0.15) is 0 Å². The van der Waals surface area contributed by atoms with E-state index in [1.165, 1.54) is 12.8 Å². The predicted molar refractivity (Wildman–Crippen MR) is 63.9 cm³/mol. The van der Waals surface area contributed by atoms with Gasteiger partial charge in [0.2, 0.25) is 0 Å². The first-order chi connectivity index (χ1) is 7.20. The number of hydrogen-bond donors (Lipinski definition) is 2. The molecule has 90 valence electrons. The molecule has 3 nitrogen and oxygen atoms in total. The summed E-state index contributed by atoms with van der Waals surface area (Å²) in [6.07, 6.45) is 4.70. The minimum Gasteiger partial charge on any atom is -0.381 e. The predicted octanol–water partition coefficient (Wildman–Crippen LogP) is 1.52. The van der Waals surface area contributed by atoms with Gasteiger partial charge in [-0.15, -0.1) is 0 Å². The summed E-state index contributed by atoms with van der Waals surface area (Å²) in [6, 6.07) is 0. The van der Waals surface area contributed by atoms with E-state index < -0.39 is 0 Å². The van der Waals surface area contributed by atoms with E-state index >= 15 is 0 Å². The average molecular weight is 214 g/mol. The molecule has 0 aliphatic carbocycles. The van der Waals surface area contributed by atoms with Crippen LogP contribution in [0.5, 0.6) is 0 Å². The summed E-state index contributed by atoms with van der Waals surface area (Å²) < 4.78 is 5.38. The molecular weight excluding hydrogens is 188 g/mol. The van der Waals surface area contributed by atoms with Gasteiger partial charge in [0.15, 0.2) is 0 Å². The van der Waals surface area contributed by atoms with Gasteiger partial charge in [-0.1, -0.05) is 13.3 Å². The molecular formula is C12H26N2O. The Balaban J connectivity index is 2.26. The van der Waals surface area contributed by atoms with Gasteiger partial charge in [0.1, 0.15) is 0 Å². The van der Waals surface area contributed by atoms with Crippen molar-refractivity contribution < 1.29 is 4.74 Å². The zero-order chi connectivity index (χ0) is 11.1. The normalized spacial score (nSPS) is 22.6. The van der Waals surface area contributed by atoms with Gasteiger partial charge < -0.3 is 15.8 Å². The van der Waals surface area contributed by atoms with Crippen LogP contribution in [0.25, 0.3) is 0 Å². The van der Waals surface area contributed by atoms with Gasteiger partial charge >= 0.3 is 0 Å². The highest BCUT2D eigenvalue weighted by Gasteiger charge is 2.26. The monoisotopic (exact) mass is 214 g/mol. The van der Waals surface area contributed by atoms with E-state index in [1.807, 2.05) is 0 Å². The zero-order valence-corrected chi connectivity index (χ0v) is 10.2. The van der Waals surface area contributed by atoms with Crippen molar-refractivity contribution in [1.82, 2.24) is 5.32 Å². The highest BCUT2D eigenvalue weighted by molar-refractivity contribution is 4.86. The third-order valence-corrected chi connectivity index (χ3v) is 3.44. The van der Waals surface area contributed by atoms with Gasteiger partial charge in [0, 0.05) is 18.8 Å². The number of nitrogens with one attached hydrogen (secondary N) is 1. The van der Waals surface area contributed by atoms with E-state index in [2.05, 4.69) is 19.2 Å². The largest absolute Gasteiger partial charge is 0.381 e. The van der Waals surface area contributed by atoms with Gasteiger partial charge in [-0.3, -0.25) is 0 Å². The second kappa shape index (κ2) is 6.46. The maximum atomic E-state index is 5.75. The van der Waals surface area contributed by atoms with Crippen LogP contribution in [0.4, 0.5) is 0 Å². The van der Waals surface area contributed by atoms with E-state index in [9.17, 15) is 0 Å². The van der Waals surface area contributed by atoms with Crippen molar-refractivity contribution in [3.63, 3.8) is 0 Å². The topological polar surface area (TPSA) is 47.3 Å². The Morgan fingerprint density at radius 1 is 1.40 bits per heavy atom. The molecule has 1 aliphatic rings. The molecule has 3 heteroatoms. The van der Waals surface area contributed by atoms with Crippen molar-refractivity contribution >= 4 is 0 Å². The summed E-state index contributed by atoms with van der Waals surface area (Å²) in [5, 5.41) is 3.67. The lowest BCUT2D eigenvalue weighted by molar-refractivity contribution is 0.0437. The van der Waals surface area contributed by atoms with Crippen molar-refractivity contribution in [3.8, 4) is 0 Å². The average Bonchev–Trinajstić information content (AvgIpc) is 2.25. The first-order valence-corrected chi connectivity index (χ1v) is 6.23. The second-order valence-electron chi connectivity index (χ2n) is 4.94. The molecule has 15 heavy (non-hydrogen) atoms. The Bertz CT molecular complexity index is 167. The molecule has 1 aliphatic heterocycles. The van der Waals surface area contributed by atoms with Gasteiger partial charge in [0.05, 0.1) is 0 Å². The first kappa shape index (κ1) is 12.9. The lowest BCUT2D eigenvalue weighted by Gasteiger charge is -2.36. The molecule has 0 saturated carbocycles. The van der Waals surface area contributed by atoms with Crippen LogP contribution in [0, 0.1) is 5.92 Å². The van der Waals surface area contributed by atoms with Crippen LogP contribution in [-0.4, -0.2) is 31.8 Å². The highest BCUT2D eigenvalue weighted by atomic mass is 16.5. The molecule has 0 aromatic heterocycles. The molecule has 0 aromatic rings. The minimum absolute atomic E-state index is 0.277. The smallest absolute Gasteiger partial charge is 0.0483 e. The lowest BCUT2D eigenvalue weighted by Crippen LogP contribution is -2.49. The molecule has 1 fully saturated rings. The summed E-state index contributed by atoms with van der Waals surface area (Å²) in [5.41, 5.74) is 6.03. The molecule has 3 N–H and O–H groups in total. The zero-order valence-electron chi connectivity index (χ0n) is 10.2. The SMILES string of the molecule is CCCC(CN)CNC1(C)CCOCC1. The Labute approximate surface area is 93.8 Å². The van der Waals surface area contributed by atoms with Crippen LogP contribution in [-0.2, 0) is 4.74 Å². The van der Waals surface area contributed by atoms with Gasteiger partial charge in [0.25, 0.3) is 0 Å². The molecule has 1 saturated heterocycles. The van der Waals surface area contributed by atoms with Crippen LogP contribution < -0.4 is 11.1 Å². The summed E-state index contributed by atoms with van der Waals surface area (Å²) in [6.45, 7) is 8.16. The van der Waals surface area contributed by atoms with Crippen LogP contribution >= 0.6 is 0 Å². The van der Waals surface area contributed by atoms with Crippen molar-refractivity contribution in [2.24, 2.45) is 11.7 Å². The molecule has 1 unspecified atom stereocenters. The molecule has 0 amide bonds. The Morgan fingerprint density at radius 3 is 2.60 bits per heavy atom. The number of ether oxygens (including phenoxy) is 1. The van der Waals surface area contributed by atoms with Crippen molar-refractivity contribution in [2.45, 2.75) is 45.1 Å². The fourth-order valence-electron chi connectivity index (χ4n) is 2.10. The fraction of sp³-hybridized carbons (Fsp3) is 1.00. The van der Waals surface area contributed by atoms with Crippen LogP contribution in [0.1, 0.15) is 39.5 Å². The molecule has 1 atom stereocenters. The Hall–Kier alpha value is -0.120. The number of rotatable bonds is 6. The van der Waals surface area contributed by atoms with E-state index in [0.29, 0.717) is 5.92 Å². The quantitative estimate of drug-likeness (QED) is 0.705.